The molecule has 1 N–H and O–H groups in total. The maximum absolute atomic E-state index is 11.9. The first-order chi connectivity index (χ1) is 15.2. The molecule has 0 heterocycles. The lowest BCUT2D eigenvalue weighted by Gasteiger charge is -2.12. The van der Waals surface area contributed by atoms with Crippen LogP contribution >= 0.6 is 11.6 Å². The van der Waals surface area contributed by atoms with Crippen molar-refractivity contribution in [2.24, 2.45) is 5.16 Å². The molecule has 7 heteroatoms. The summed E-state index contributed by atoms with van der Waals surface area (Å²) >= 11 is 6.01. The summed E-state index contributed by atoms with van der Waals surface area (Å²) in [4.78, 5) is 17.0. The second-order valence-electron chi connectivity index (χ2n) is 6.45. The lowest BCUT2D eigenvalue weighted by molar-refractivity contribution is -0.120. The maximum Gasteiger partial charge on any atom is 0.265 e. The monoisotopic (exact) mass is 438 g/mol. The van der Waals surface area contributed by atoms with Crippen LogP contribution in [-0.2, 0) is 16.2 Å². The van der Waals surface area contributed by atoms with Crippen LogP contribution in [0.15, 0.2) is 78.0 Å². The minimum Gasteiger partial charge on any atom is -0.490 e. The Morgan fingerprint density at radius 2 is 1.77 bits per heavy atom. The van der Waals surface area contributed by atoms with E-state index in [2.05, 4.69) is 10.5 Å². The highest BCUT2D eigenvalue weighted by Crippen LogP contribution is 2.29. The molecule has 160 valence electrons. The summed E-state index contributed by atoms with van der Waals surface area (Å²) < 4.78 is 11.6. The number of anilines is 1. The number of benzene rings is 3. The number of carbonyl (C=O) groups excluding carboxylic acids is 1. The molecule has 0 aromatic heterocycles. The molecule has 0 radical (unpaired) electrons. The van der Waals surface area contributed by atoms with Crippen molar-refractivity contribution in [3.8, 4) is 11.5 Å². The van der Waals surface area contributed by atoms with Crippen LogP contribution in [-0.4, -0.2) is 25.3 Å². The van der Waals surface area contributed by atoms with E-state index in [4.69, 9.17) is 25.9 Å². The first kappa shape index (κ1) is 22.2. The second kappa shape index (κ2) is 11.6. The number of hydrogen-bond donors (Lipinski definition) is 1. The number of ether oxygens (including phenoxy) is 2. The van der Waals surface area contributed by atoms with Crippen molar-refractivity contribution in [1.82, 2.24) is 0 Å². The van der Waals surface area contributed by atoms with Crippen molar-refractivity contribution in [3.05, 3.63) is 88.9 Å². The van der Waals surface area contributed by atoms with Gasteiger partial charge in [0.25, 0.3) is 5.91 Å². The number of nitrogens with zero attached hydrogens (tertiary/aromatic N) is 1. The molecule has 0 aliphatic rings. The fourth-order valence-electron chi connectivity index (χ4n) is 2.67. The van der Waals surface area contributed by atoms with Crippen LogP contribution in [0.2, 0.25) is 5.02 Å². The van der Waals surface area contributed by atoms with Gasteiger partial charge in [0.1, 0.15) is 6.61 Å². The van der Waals surface area contributed by atoms with Crippen molar-refractivity contribution in [2.45, 2.75) is 13.5 Å². The van der Waals surface area contributed by atoms with Crippen molar-refractivity contribution in [2.75, 3.05) is 18.5 Å². The fourth-order valence-corrected chi connectivity index (χ4v) is 2.85. The van der Waals surface area contributed by atoms with Gasteiger partial charge in [0, 0.05) is 5.56 Å². The lowest BCUT2D eigenvalue weighted by atomic mass is 10.2. The molecule has 0 unspecified atom stereocenters. The van der Waals surface area contributed by atoms with Crippen LogP contribution in [0, 0.1) is 0 Å². The van der Waals surface area contributed by atoms with E-state index in [1.807, 2.05) is 49.4 Å². The topological polar surface area (TPSA) is 69.2 Å². The molecule has 0 spiro atoms. The summed E-state index contributed by atoms with van der Waals surface area (Å²) in [5, 5.41) is 6.97. The van der Waals surface area contributed by atoms with Crippen LogP contribution in [0.1, 0.15) is 18.1 Å². The quantitative estimate of drug-likeness (QED) is 0.344. The van der Waals surface area contributed by atoms with E-state index in [-0.39, 0.29) is 12.5 Å². The predicted molar refractivity (Wildman–Crippen MR) is 122 cm³/mol. The third-order valence-corrected chi connectivity index (χ3v) is 4.45. The predicted octanol–water partition coefficient (Wildman–Crippen LogP) is 5.31. The summed E-state index contributed by atoms with van der Waals surface area (Å²) in [7, 11) is 0. The Bertz CT molecular complexity index is 1030. The molecule has 3 aromatic rings. The van der Waals surface area contributed by atoms with Crippen LogP contribution in [0.25, 0.3) is 0 Å². The van der Waals surface area contributed by atoms with E-state index < -0.39 is 0 Å². The standard InChI is InChI=1S/C24H23ClN2O4/c1-2-29-23-14-19(12-13-22(23)30-16-18-8-4-3-5-9-18)15-26-31-17-24(28)27-21-11-7-6-10-20(21)25/h3-15H,2,16-17H2,1H3,(H,27,28)/b26-15+. The zero-order valence-corrected chi connectivity index (χ0v) is 17.8. The molecule has 0 saturated carbocycles. The zero-order chi connectivity index (χ0) is 21.9. The molecular formula is C24H23ClN2O4. The summed E-state index contributed by atoms with van der Waals surface area (Å²) in [5.74, 6) is 0.895. The summed E-state index contributed by atoms with van der Waals surface area (Å²) in [6, 6.07) is 22.3. The Morgan fingerprint density at radius 3 is 2.55 bits per heavy atom. The molecule has 3 aromatic carbocycles. The highest BCUT2D eigenvalue weighted by Gasteiger charge is 2.08. The number of hydrogen-bond acceptors (Lipinski definition) is 5. The molecule has 31 heavy (non-hydrogen) atoms. The van der Waals surface area contributed by atoms with Gasteiger partial charge in [-0.15, -0.1) is 0 Å². The van der Waals surface area contributed by atoms with Gasteiger partial charge in [-0.1, -0.05) is 59.2 Å². The second-order valence-corrected chi connectivity index (χ2v) is 6.86. The van der Waals surface area contributed by atoms with Crippen molar-refractivity contribution >= 4 is 29.4 Å². The number of rotatable bonds is 10. The molecule has 0 aliphatic heterocycles. The van der Waals surface area contributed by atoms with Crippen molar-refractivity contribution in [1.29, 1.82) is 0 Å². The Balaban J connectivity index is 1.54. The molecule has 0 fully saturated rings. The van der Waals surface area contributed by atoms with E-state index in [1.54, 1.807) is 30.3 Å². The van der Waals surface area contributed by atoms with E-state index in [0.717, 1.165) is 11.1 Å². The van der Waals surface area contributed by atoms with Crippen LogP contribution in [0.3, 0.4) is 0 Å². The summed E-state index contributed by atoms with van der Waals surface area (Å²) in [6.07, 6.45) is 1.51. The minimum absolute atomic E-state index is 0.238. The van der Waals surface area contributed by atoms with Gasteiger partial charge in [0.05, 0.1) is 23.5 Å². The number of halogens is 1. The van der Waals surface area contributed by atoms with Crippen molar-refractivity contribution < 1.29 is 19.1 Å². The Kier molecular flexibility index (Phi) is 8.31. The molecule has 0 saturated heterocycles. The molecular weight excluding hydrogens is 416 g/mol. The minimum atomic E-state index is -0.357. The number of nitrogens with one attached hydrogen (secondary N) is 1. The Morgan fingerprint density at radius 1 is 1.00 bits per heavy atom. The van der Waals surface area contributed by atoms with E-state index in [0.29, 0.717) is 35.4 Å². The van der Waals surface area contributed by atoms with Gasteiger partial charge in [0.15, 0.2) is 18.1 Å². The zero-order valence-electron chi connectivity index (χ0n) is 17.1. The summed E-state index contributed by atoms with van der Waals surface area (Å²) in [6.45, 7) is 2.61. The molecule has 0 atom stereocenters. The lowest BCUT2D eigenvalue weighted by Crippen LogP contribution is -2.17. The molecule has 0 aliphatic carbocycles. The SMILES string of the molecule is CCOc1cc(/C=N/OCC(=O)Nc2ccccc2Cl)ccc1OCc1ccccc1. The number of para-hydroxylation sites is 1. The Hall–Kier alpha value is -3.51. The van der Waals surface area contributed by atoms with Crippen molar-refractivity contribution in [3.63, 3.8) is 0 Å². The average molecular weight is 439 g/mol. The van der Waals surface area contributed by atoms with Crippen LogP contribution < -0.4 is 14.8 Å². The highest BCUT2D eigenvalue weighted by atomic mass is 35.5. The molecule has 6 nitrogen and oxygen atoms in total. The maximum atomic E-state index is 11.9. The number of oxime groups is 1. The van der Waals surface area contributed by atoms with Gasteiger partial charge in [-0.25, -0.2) is 0 Å². The fraction of sp³-hybridized carbons (Fsp3) is 0.167. The van der Waals surface area contributed by atoms with Gasteiger partial charge in [-0.05, 0) is 42.8 Å². The van der Waals surface area contributed by atoms with Gasteiger partial charge in [-0.2, -0.15) is 0 Å². The molecule has 0 bridgehead atoms. The smallest absolute Gasteiger partial charge is 0.265 e. The van der Waals surface area contributed by atoms with E-state index in [1.165, 1.54) is 6.21 Å². The first-order valence-electron chi connectivity index (χ1n) is 9.79. The number of amides is 1. The Labute approximate surface area is 186 Å². The molecule has 3 rings (SSSR count). The summed E-state index contributed by atoms with van der Waals surface area (Å²) in [5.41, 5.74) is 2.34. The van der Waals surface area contributed by atoms with Gasteiger partial charge in [-0.3, -0.25) is 4.79 Å². The number of carbonyl (C=O) groups is 1. The van der Waals surface area contributed by atoms with Gasteiger partial charge >= 0.3 is 0 Å². The normalized spacial score (nSPS) is 10.6. The third-order valence-electron chi connectivity index (χ3n) is 4.12. The van der Waals surface area contributed by atoms with Gasteiger partial charge in [0.2, 0.25) is 0 Å². The third kappa shape index (κ3) is 7.04. The molecule has 1 amide bonds. The average Bonchev–Trinajstić information content (AvgIpc) is 2.79. The van der Waals surface area contributed by atoms with Gasteiger partial charge < -0.3 is 19.6 Å². The highest BCUT2D eigenvalue weighted by molar-refractivity contribution is 6.33. The van der Waals surface area contributed by atoms with Crippen LogP contribution in [0.5, 0.6) is 11.5 Å². The van der Waals surface area contributed by atoms with E-state index in [9.17, 15) is 4.79 Å². The van der Waals surface area contributed by atoms with E-state index >= 15 is 0 Å². The first-order valence-corrected chi connectivity index (χ1v) is 10.2. The van der Waals surface area contributed by atoms with Crippen LogP contribution in [0.4, 0.5) is 5.69 Å². The largest absolute Gasteiger partial charge is 0.490 e.